The Bertz CT molecular complexity index is 1760. The molecule has 2 amide bonds. The Labute approximate surface area is 268 Å². The molecule has 2 aromatic carbocycles. The molecule has 0 atom stereocenters. The van der Waals surface area contributed by atoms with Gasteiger partial charge in [0.15, 0.2) is 0 Å². The Morgan fingerprint density at radius 3 is 2.45 bits per heavy atom. The second-order valence-electron chi connectivity index (χ2n) is 13.1. The van der Waals surface area contributed by atoms with Crippen LogP contribution in [-0.2, 0) is 11.7 Å². The predicted octanol–water partition coefficient (Wildman–Crippen LogP) is 5.86. The molecule has 2 spiro atoms. The summed E-state index contributed by atoms with van der Waals surface area (Å²) in [5.74, 6) is -3.00. The van der Waals surface area contributed by atoms with Gasteiger partial charge in [0.2, 0.25) is 11.8 Å². The Hall–Kier alpha value is -4.46. The van der Waals surface area contributed by atoms with Gasteiger partial charge in [-0.25, -0.2) is 9.37 Å². The number of rotatable bonds is 7. The minimum Gasteiger partial charge on any atom is -0.495 e. The number of nitrogens with zero attached hydrogens (tertiary/aromatic N) is 4. The fourth-order valence-corrected chi connectivity index (χ4v) is 7.26. The number of halogens is 4. The molecule has 2 N–H and O–H groups in total. The van der Waals surface area contributed by atoms with Gasteiger partial charge < -0.3 is 29.9 Å². The molecule has 1 aromatic heterocycles. The highest BCUT2D eigenvalue weighted by molar-refractivity contribution is 6.03. The fourth-order valence-electron chi connectivity index (χ4n) is 7.26. The summed E-state index contributed by atoms with van der Waals surface area (Å²) in [6.07, 6.45) is 0.998. The number of likely N-dealkylation sites (tertiary alicyclic amines) is 1. The molecule has 3 heterocycles. The smallest absolute Gasteiger partial charge is 0.423 e. The van der Waals surface area contributed by atoms with Gasteiger partial charge >= 0.3 is 6.18 Å². The minimum absolute atomic E-state index is 0.0192. The molecule has 4 aliphatic rings. The summed E-state index contributed by atoms with van der Waals surface area (Å²) in [4.78, 5) is 37.8. The maximum atomic E-state index is 15.3. The quantitative estimate of drug-likeness (QED) is 0.305. The average Bonchev–Trinajstić information content (AvgIpc) is 3.79. The number of nitrogens with one attached hydrogen (secondary N) is 2. The first-order chi connectivity index (χ1) is 22.3. The SMILES string of the molecule is COc1cc(C(=O)NC2CC3(CCN(C)CC3)C2)c(F)cc1Nc1ncc(C(F)(F)F)c(Oc2cccc3c2C(=O)N(C)C32CC2)n1. The summed E-state index contributed by atoms with van der Waals surface area (Å²) < 4.78 is 68.5. The first-order valence-electron chi connectivity index (χ1n) is 15.5. The van der Waals surface area contributed by atoms with E-state index in [4.69, 9.17) is 9.47 Å². The van der Waals surface area contributed by atoms with Gasteiger partial charge in [-0.15, -0.1) is 0 Å². The number of ether oxygens (including phenoxy) is 2. The molecule has 10 nitrogen and oxygen atoms in total. The predicted molar refractivity (Wildman–Crippen MR) is 162 cm³/mol. The van der Waals surface area contributed by atoms with Crippen LogP contribution < -0.4 is 20.1 Å². The Morgan fingerprint density at radius 2 is 1.79 bits per heavy atom. The Kier molecular flexibility index (Phi) is 7.34. The summed E-state index contributed by atoms with van der Waals surface area (Å²) in [6.45, 7) is 2.03. The number of amides is 2. The zero-order chi connectivity index (χ0) is 33.3. The van der Waals surface area contributed by atoms with Gasteiger partial charge in [-0.2, -0.15) is 18.2 Å². The number of carbonyl (C=O) groups is 2. The van der Waals surface area contributed by atoms with Gasteiger partial charge in [0.25, 0.3) is 11.8 Å². The van der Waals surface area contributed by atoms with Crippen LogP contribution in [0.4, 0.5) is 29.2 Å². The van der Waals surface area contributed by atoms with E-state index in [2.05, 4.69) is 32.5 Å². The van der Waals surface area contributed by atoms with Crippen LogP contribution >= 0.6 is 0 Å². The lowest BCUT2D eigenvalue weighted by Crippen LogP contribution is -2.54. The molecule has 2 saturated carbocycles. The molecule has 248 valence electrons. The van der Waals surface area contributed by atoms with E-state index in [-0.39, 0.29) is 51.6 Å². The van der Waals surface area contributed by atoms with Gasteiger partial charge in [-0.05, 0) is 81.8 Å². The monoisotopic (exact) mass is 654 g/mol. The lowest BCUT2D eigenvalue weighted by Gasteiger charge is -2.52. The van der Waals surface area contributed by atoms with Crippen molar-refractivity contribution < 1.29 is 36.6 Å². The normalized spacial score (nSPS) is 19.8. The van der Waals surface area contributed by atoms with Crippen LogP contribution in [0.1, 0.15) is 70.4 Å². The maximum Gasteiger partial charge on any atom is 0.423 e. The summed E-state index contributed by atoms with van der Waals surface area (Å²) in [7, 11) is 5.07. The summed E-state index contributed by atoms with van der Waals surface area (Å²) >= 11 is 0. The molecular weight excluding hydrogens is 620 g/mol. The highest BCUT2D eigenvalue weighted by Crippen LogP contribution is 2.57. The van der Waals surface area contributed by atoms with E-state index in [1.807, 2.05) is 0 Å². The zero-order valence-electron chi connectivity index (χ0n) is 26.1. The van der Waals surface area contributed by atoms with Crippen LogP contribution in [0.15, 0.2) is 36.5 Å². The molecule has 14 heteroatoms. The summed E-state index contributed by atoms with van der Waals surface area (Å²) in [5.41, 5.74) is -0.854. The molecule has 0 unspecified atom stereocenters. The van der Waals surface area contributed by atoms with Gasteiger partial charge in [-0.1, -0.05) is 12.1 Å². The Morgan fingerprint density at radius 1 is 1.06 bits per heavy atom. The van der Waals surface area contributed by atoms with Crippen LogP contribution in [0, 0.1) is 11.2 Å². The largest absolute Gasteiger partial charge is 0.495 e. The number of methoxy groups -OCH3 is 1. The van der Waals surface area contributed by atoms with Crippen LogP contribution in [-0.4, -0.2) is 71.9 Å². The van der Waals surface area contributed by atoms with E-state index in [1.165, 1.54) is 19.2 Å². The van der Waals surface area contributed by atoms with Crippen molar-refractivity contribution in [3.63, 3.8) is 0 Å². The Balaban J connectivity index is 1.12. The molecule has 0 radical (unpaired) electrons. The number of alkyl halides is 3. The van der Waals surface area contributed by atoms with Crippen molar-refractivity contribution >= 4 is 23.5 Å². The third-order valence-electron chi connectivity index (χ3n) is 10.2. The third kappa shape index (κ3) is 5.41. The van der Waals surface area contributed by atoms with Gasteiger partial charge in [0.05, 0.1) is 29.5 Å². The van der Waals surface area contributed by atoms with Crippen molar-refractivity contribution in [3.05, 3.63) is 64.6 Å². The van der Waals surface area contributed by atoms with E-state index in [1.54, 1.807) is 24.1 Å². The van der Waals surface area contributed by atoms with Gasteiger partial charge in [0, 0.05) is 25.4 Å². The third-order valence-corrected chi connectivity index (χ3v) is 10.2. The van der Waals surface area contributed by atoms with Crippen LogP contribution in [0.2, 0.25) is 0 Å². The van der Waals surface area contributed by atoms with E-state index in [0.29, 0.717) is 11.8 Å². The molecule has 0 bridgehead atoms. The highest BCUT2D eigenvalue weighted by Gasteiger charge is 2.57. The second kappa shape index (κ2) is 11.1. The number of aromatic nitrogens is 2. The van der Waals surface area contributed by atoms with Crippen molar-refractivity contribution in [2.75, 3.05) is 39.6 Å². The van der Waals surface area contributed by atoms with Crippen LogP contribution in [0.25, 0.3) is 0 Å². The topological polar surface area (TPSA) is 109 Å². The molecule has 3 aromatic rings. The first-order valence-corrected chi connectivity index (χ1v) is 15.5. The molecular formula is C33H34F4N6O4. The van der Waals surface area contributed by atoms with E-state index in [0.717, 1.165) is 57.7 Å². The summed E-state index contributed by atoms with van der Waals surface area (Å²) in [6, 6.07) is 6.99. The molecule has 3 fully saturated rings. The number of piperidine rings is 1. The minimum atomic E-state index is -4.88. The van der Waals surface area contributed by atoms with Crippen LogP contribution in [0.3, 0.4) is 0 Å². The van der Waals surface area contributed by atoms with Crippen molar-refractivity contribution in [1.29, 1.82) is 0 Å². The van der Waals surface area contributed by atoms with Gasteiger partial charge in [-0.3, -0.25) is 9.59 Å². The van der Waals surface area contributed by atoms with E-state index < -0.39 is 34.9 Å². The number of anilines is 2. The number of benzene rings is 2. The average molecular weight is 655 g/mol. The van der Waals surface area contributed by atoms with E-state index >= 15 is 4.39 Å². The van der Waals surface area contributed by atoms with Crippen molar-refractivity contribution in [3.8, 4) is 17.4 Å². The van der Waals surface area contributed by atoms with Crippen LogP contribution in [0.5, 0.6) is 17.4 Å². The van der Waals surface area contributed by atoms with Crippen molar-refractivity contribution in [2.45, 2.75) is 56.3 Å². The zero-order valence-corrected chi connectivity index (χ0v) is 26.1. The number of fused-ring (bicyclic) bond motifs is 2. The number of hydrogen-bond acceptors (Lipinski definition) is 8. The second-order valence-corrected chi connectivity index (χ2v) is 13.1. The molecule has 2 aliphatic heterocycles. The molecule has 2 aliphatic carbocycles. The standard InChI is InChI=1S/C33H34F4N6O4/c1-42-11-9-31(10-12-42)15-18(16-31)39-27(44)19-13-25(46-3)23(14-22(19)34)40-30-38-17-21(33(35,36)37)28(41-30)47-24-6-4-5-20-26(24)29(45)43(2)32(20)7-8-32/h4-6,13-14,17-18H,7-12,15-16H2,1-3H3,(H,39,44)(H,38,40,41). The van der Waals surface area contributed by atoms with Crippen molar-refractivity contribution in [2.24, 2.45) is 5.41 Å². The van der Waals surface area contributed by atoms with Gasteiger partial charge in [0.1, 0.15) is 22.9 Å². The lowest BCUT2D eigenvalue weighted by molar-refractivity contribution is -0.139. The number of hydrogen-bond donors (Lipinski definition) is 2. The fraction of sp³-hybridized carbons (Fsp3) is 0.455. The maximum absolute atomic E-state index is 15.3. The molecule has 1 saturated heterocycles. The van der Waals surface area contributed by atoms with E-state index in [9.17, 15) is 22.8 Å². The molecule has 47 heavy (non-hydrogen) atoms. The highest BCUT2D eigenvalue weighted by atomic mass is 19.4. The lowest BCUT2D eigenvalue weighted by atomic mass is 9.60. The number of carbonyl (C=O) groups excluding carboxylic acids is 2. The first kappa shape index (κ1) is 31.2. The summed E-state index contributed by atoms with van der Waals surface area (Å²) in [5, 5.41) is 5.60. The molecule has 7 rings (SSSR count). The van der Waals surface area contributed by atoms with Crippen molar-refractivity contribution in [1.82, 2.24) is 25.1 Å².